The lowest BCUT2D eigenvalue weighted by atomic mass is 10.1. The van der Waals surface area contributed by atoms with Crippen LogP contribution in [0, 0.1) is 6.92 Å². The van der Waals surface area contributed by atoms with Gasteiger partial charge in [-0.25, -0.2) is 0 Å². The number of furan rings is 1. The number of hydrogen-bond donors (Lipinski definition) is 1. The maximum atomic E-state index is 12.4. The van der Waals surface area contributed by atoms with Gasteiger partial charge in [0.2, 0.25) is 0 Å². The SMILES string of the molecule is Cc1occc1C(=O)N1CCc2cc(N)ccc21. The first kappa shape index (κ1) is 10.9. The monoisotopic (exact) mass is 242 g/mol. The molecular weight excluding hydrogens is 228 g/mol. The van der Waals surface area contributed by atoms with Gasteiger partial charge in [-0.2, -0.15) is 0 Å². The first-order chi connectivity index (χ1) is 8.66. The Hall–Kier alpha value is -2.23. The van der Waals surface area contributed by atoms with Gasteiger partial charge in [-0.15, -0.1) is 0 Å². The van der Waals surface area contributed by atoms with Crippen LogP contribution in [-0.2, 0) is 6.42 Å². The topological polar surface area (TPSA) is 59.5 Å². The van der Waals surface area contributed by atoms with E-state index in [0.29, 0.717) is 17.9 Å². The van der Waals surface area contributed by atoms with Crippen molar-refractivity contribution >= 4 is 17.3 Å². The molecule has 2 N–H and O–H groups in total. The lowest BCUT2D eigenvalue weighted by Crippen LogP contribution is -2.28. The average Bonchev–Trinajstić information content (AvgIpc) is 2.94. The third-order valence-corrected chi connectivity index (χ3v) is 3.33. The number of benzene rings is 1. The molecule has 1 aromatic carbocycles. The van der Waals surface area contributed by atoms with E-state index in [4.69, 9.17) is 10.2 Å². The second-order valence-electron chi connectivity index (χ2n) is 4.49. The van der Waals surface area contributed by atoms with E-state index in [1.807, 2.05) is 18.2 Å². The second kappa shape index (κ2) is 3.91. The molecule has 1 aliphatic rings. The van der Waals surface area contributed by atoms with Crippen molar-refractivity contribution in [2.75, 3.05) is 17.2 Å². The largest absolute Gasteiger partial charge is 0.469 e. The summed E-state index contributed by atoms with van der Waals surface area (Å²) in [5, 5.41) is 0. The Morgan fingerprint density at radius 3 is 2.94 bits per heavy atom. The summed E-state index contributed by atoms with van der Waals surface area (Å²) in [6.45, 7) is 2.50. The minimum absolute atomic E-state index is 0.00947. The predicted molar refractivity (Wildman–Crippen MR) is 69.7 cm³/mol. The summed E-state index contributed by atoms with van der Waals surface area (Å²) in [5.41, 5.74) is 9.20. The van der Waals surface area contributed by atoms with E-state index >= 15 is 0 Å². The minimum atomic E-state index is -0.00947. The molecule has 0 unspecified atom stereocenters. The highest BCUT2D eigenvalue weighted by Crippen LogP contribution is 2.31. The fraction of sp³-hybridized carbons (Fsp3) is 0.214. The van der Waals surface area contributed by atoms with Crippen LogP contribution in [-0.4, -0.2) is 12.5 Å². The summed E-state index contributed by atoms with van der Waals surface area (Å²) in [4.78, 5) is 14.2. The standard InChI is InChI=1S/C14H14N2O2/c1-9-12(5-7-18-9)14(17)16-6-4-10-8-11(15)2-3-13(10)16/h2-3,5,7-8H,4,6,15H2,1H3. The molecule has 4 nitrogen and oxygen atoms in total. The van der Waals surface area contributed by atoms with Crippen LogP contribution in [0.15, 0.2) is 34.9 Å². The average molecular weight is 242 g/mol. The molecule has 0 spiro atoms. The number of amides is 1. The zero-order valence-electron chi connectivity index (χ0n) is 10.1. The molecule has 0 fully saturated rings. The number of rotatable bonds is 1. The molecule has 0 saturated carbocycles. The number of nitrogens with zero attached hydrogens (tertiary/aromatic N) is 1. The summed E-state index contributed by atoms with van der Waals surface area (Å²) in [5.74, 6) is 0.647. The lowest BCUT2D eigenvalue weighted by Gasteiger charge is -2.16. The summed E-state index contributed by atoms with van der Waals surface area (Å²) < 4.78 is 5.18. The first-order valence-corrected chi connectivity index (χ1v) is 5.91. The number of nitrogen functional groups attached to an aromatic ring is 1. The fourth-order valence-corrected chi connectivity index (χ4v) is 2.38. The van der Waals surface area contributed by atoms with Crippen molar-refractivity contribution in [2.45, 2.75) is 13.3 Å². The normalized spacial score (nSPS) is 13.7. The maximum Gasteiger partial charge on any atom is 0.261 e. The van der Waals surface area contributed by atoms with Crippen LogP contribution < -0.4 is 10.6 Å². The van der Waals surface area contributed by atoms with Crippen molar-refractivity contribution in [3.8, 4) is 0 Å². The molecule has 3 rings (SSSR count). The van der Waals surface area contributed by atoms with E-state index < -0.39 is 0 Å². The molecule has 1 aromatic heterocycles. The van der Waals surface area contributed by atoms with Gasteiger partial charge in [-0.3, -0.25) is 4.79 Å². The fourth-order valence-electron chi connectivity index (χ4n) is 2.38. The Kier molecular flexibility index (Phi) is 2.37. The third-order valence-electron chi connectivity index (χ3n) is 3.33. The van der Waals surface area contributed by atoms with Gasteiger partial charge < -0.3 is 15.1 Å². The minimum Gasteiger partial charge on any atom is -0.469 e. The van der Waals surface area contributed by atoms with E-state index in [2.05, 4.69) is 0 Å². The smallest absolute Gasteiger partial charge is 0.261 e. The van der Waals surface area contributed by atoms with E-state index in [0.717, 1.165) is 23.4 Å². The number of carbonyl (C=O) groups excluding carboxylic acids is 1. The second-order valence-corrected chi connectivity index (χ2v) is 4.49. The van der Waals surface area contributed by atoms with Gasteiger partial charge in [-0.05, 0) is 43.2 Å². The Bertz CT molecular complexity index is 616. The Morgan fingerprint density at radius 1 is 1.39 bits per heavy atom. The van der Waals surface area contributed by atoms with Crippen LogP contribution >= 0.6 is 0 Å². The van der Waals surface area contributed by atoms with Crippen molar-refractivity contribution in [1.29, 1.82) is 0 Å². The van der Waals surface area contributed by atoms with Gasteiger partial charge in [0.1, 0.15) is 5.76 Å². The van der Waals surface area contributed by atoms with E-state index in [-0.39, 0.29) is 5.91 Å². The highest BCUT2D eigenvalue weighted by atomic mass is 16.3. The van der Waals surface area contributed by atoms with Crippen molar-refractivity contribution < 1.29 is 9.21 Å². The Balaban J connectivity index is 1.98. The third kappa shape index (κ3) is 1.57. The molecule has 0 saturated heterocycles. The van der Waals surface area contributed by atoms with E-state index in [1.54, 1.807) is 24.2 Å². The quantitative estimate of drug-likeness (QED) is 0.781. The van der Waals surface area contributed by atoms with E-state index in [1.165, 1.54) is 0 Å². The van der Waals surface area contributed by atoms with Gasteiger partial charge in [0.25, 0.3) is 5.91 Å². The molecule has 2 aromatic rings. The molecule has 0 radical (unpaired) electrons. The molecule has 92 valence electrons. The number of fused-ring (bicyclic) bond motifs is 1. The maximum absolute atomic E-state index is 12.4. The lowest BCUT2D eigenvalue weighted by molar-refractivity contribution is 0.0988. The zero-order valence-corrected chi connectivity index (χ0v) is 10.1. The molecule has 0 atom stereocenters. The molecule has 1 amide bonds. The first-order valence-electron chi connectivity index (χ1n) is 5.91. The number of aryl methyl sites for hydroxylation is 1. The van der Waals surface area contributed by atoms with Crippen molar-refractivity contribution in [3.05, 3.63) is 47.4 Å². The summed E-state index contributed by atoms with van der Waals surface area (Å²) >= 11 is 0. The summed E-state index contributed by atoms with van der Waals surface area (Å²) in [6.07, 6.45) is 2.39. The summed E-state index contributed by atoms with van der Waals surface area (Å²) in [6, 6.07) is 7.38. The van der Waals surface area contributed by atoms with Crippen LogP contribution in [0.25, 0.3) is 0 Å². The van der Waals surface area contributed by atoms with Crippen LogP contribution in [0.2, 0.25) is 0 Å². The Morgan fingerprint density at radius 2 is 2.22 bits per heavy atom. The van der Waals surface area contributed by atoms with Crippen LogP contribution in [0.3, 0.4) is 0 Å². The van der Waals surface area contributed by atoms with Gasteiger partial charge in [-0.1, -0.05) is 0 Å². The Labute approximate surface area is 105 Å². The van der Waals surface area contributed by atoms with Gasteiger partial charge in [0, 0.05) is 17.9 Å². The van der Waals surface area contributed by atoms with E-state index in [9.17, 15) is 4.79 Å². The predicted octanol–water partition coefficient (Wildman–Crippen LogP) is 2.37. The molecule has 0 bridgehead atoms. The van der Waals surface area contributed by atoms with Gasteiger partial charge in [0.05, 0.1) is 11.8 Å². The van der Waals surface area contributed by atoms with Crippen molar-refractivity contribution in [2.24, 2.45) is 0 Å². The van der Waals surface area contributed by atoms with Crippen molar-refractivity contribution in [3.63, 3.8) is 0 Å². The molecule has 0 aliphatic carbocycles. The van der Waals surface area contributed by atoms with Gasteiger partial charge in [0.15, 0.2) is 0 Å². The number of carbonyl (C=O) groups is 1. The highest BCUT2D eigenvalue weighted by molar-refractivity contribution is 6.07. The van der Waals surface area contributed by atoms with Crippen LogP contribution in [0.1, 0.15) is 21.7 Å². The molecular formula is C14H14N2O2. The number of anilines is 2. The molecule has 18 heavy (non-hydrogen) atoms. The highest BCUT2D eigenvalue weighted by Gasteiger charge is 2.27. The van der Waals surface area contributed by atoms with Gasteiger partial charge >= 0.3 is 0 Å². The number of nitrogens with two attached hydrogens (primary N) is 1. The van der Waals surface area contributed by atoms with Crippen LogP contribution in [0.4, 0.5) is 11.4 Å². The molecule has 2 heterocycles. The van der Waals surface area contributed by atoms with Crippen LogP contribution in [0.5, 0.6) is 0 Å². The molecule has 1 aliphatic heterocycles. The summed E-state index contributed by atoms with van der Waals surface area (Å²) in [7, 11) is 0. The molecule has 4 heteroatoms. The number of hydrogen-bond acceptors (Lipinski definition) is 3. The van der Waals surface area contributed by atoms with Crippen molar-refractivity contribution in [1.82, 2.24) is 0 Å². The zero-order chi connectivity index (χ0) is 12.7.